The Morgan fingerprint density at radius 3 is 2.23 bits per heavy atom. The zero-order valence-corrected chi connectivity index (χ0v) is 18.7. The standard InChI is InChI=1S/C27H30F3N/c1-17-19(9-7-12-21(17)27(28,29)30)20-10-8-14-24(25(20)18-15-16-18)31-23-13-6-5-11-22(23)26(2,3)4/h5-6,8,10-14,18,31H,7,9,15-16H2,1-4H3. The molecule has 0 aromatic heterocycles. The summed E-state index contributed by atoms with van der Waals surface area (Å²) < 4.78 is 40.7. The maximum absolute atomic E-state index is 13.6. The largest absolute Gasteiger partial charge is 0.416 e. The molecule has 0 unspecified atom stereocenters. The van der Waals surface area contributed by atoms with Crippen molar-refractivity contribution >= 4 is 16.9 Å². The van der Waals surface area contributed by atoms with Gasteiger partial charge in [0.2, 0.25) is 0 Å². The molecule has 1 saturated carbocycles. The lowest BCUT2D eigenvalue weighted by Gasteiger charge is -2.26. The third-order valence-electron chi connectivity index (χ3n) is 6.33. The highest BCUT2D eigenvalue weighted by molar-refractivity contribution is 5.81. The number of alkyl halides is 3. The zero-order chi connectivity index (χ0) is 22.4. The summed E-state index contributed by atoms with van der Waals surface area (Å²) in [5, 5.41) is 3.65. The first-order valence-electron chi connectivity index (χ1n) is 11.0. The van der Waals surface area contributed by atoms with Gasteiger partial charge in [-0.05, 0) is 83.9 Å². The van der Waals surface area contributed by atoms with Crippen LogP contribution < -0.4 is 5.32 Å². The Morgan fingerprint density at radius 1 is 0.903 bits per heavy atom. The van der Waals surface area contributed by atoms with Crippen LogP contribution in [0.25, 0.3) is 5.57 Å². The normalized spacial score (nSPS) is 17.6. The highest BCUT2D eigenvalue weighted by Crippen LogP contribution is 2.50. The van der Waals surface area contributed by atoms with Crippen LogP contribution >= 0.6 is 0 Å². The number of allylic oxidation sites excluding steroid dienone is 4. The van der Waals surface area contributed by atoms with Gasteiger partial charge in [0.05, 0.1) is 5.57 Å². The van der Waals surface area contributed by atoms with Crippen LogP contribution in [0.5, 0.6) is 0 Å². The molecule has 0 saturated heterocycles. The molecular formula is C27H30F3N. The molecule has 0 radical (unpaired) electrons. The van der Waals surface area contributed by atoms with Crippen LogP contribution in [0.15, 0.2) is 59.7 Å². The molecule has 1 N–H and O–H groups in total. The third kappa shape index (κ3) is 4.44. The lowest BCUT2D eigenvalue weighted by atomic mass is 9.83. The molecule has 2 aliphatic rings. The number of benzene rings is 2. The maximum atomic E-state index is 13.6. The van der Waals surface area contributed by atoms with Gasteiger partial charge in [0.15, 0.2) is 0 Å². The Morgan fingerprint density at radius 2 is 1.58 bits per heavy atom. The van der Waals surface area contributed by atoms with Gasteiger partial charge >= 0.3 is 6.18 Å². The summed E-state index contributed by atoms with van der Waals surface area (Å²) >= 11 is 0. The van der Waals surface area contributed by atoms with Crippen molar-refractivity contribution in [3.05, 3.63) is 76.4 Å². The van der Waals surface area contributed by atoms with Gasteiger partial charge in [0.1, 0.15) is 0 Å². The zero-order valence-electron chi connectivity index (χ0n) is 18.7. The van der Waals surface area contributed by atoms with Crippen LogP contribution in [0.1, 0.15) is 76.0 Å². The molecule has 4 rings (SSSR count). The van der Waals surface area contributed by atoms with Gasteiger partial charge in [-0.25, -0.2) is 0 Å². The van der Waals surface area contributed by atoms with E-state index in [0.717, 1.165) is 35.4 Å². The first-order valence-corrected chi connectivity index (χ1v) is 11.0. The predicted molar refractivity (Wildman–Crippen MR) is 123 cm³/mol. The monoisotopic (exact) mass is 425 g/mol. The lowest BCUT2D eigenvalue weighted by Crippen LogP contribution is -2.16. The van der Waals surface area contributed by atoms with Crippen molar-refractivity contribution in [3.63, 3.8) is 0 Å². The fourth-order valence-corrected chi connectivity index (χ4v) is 4.67. The van der Waals surface area contributed by atoms with E-state index in [0.29, 0.717) is 24.3 Å². The van der Waals surface area contributed by atoms with E-state index in [9.17, 15) is 13.2 Å². The van der Waals surface area contributed by atoms with Crippen LogP contribution in [0.4, 0.5) is 24.5 Å². The molecule has 0 spiro atoms. The van der Waals surface area contributed by atoms with Gasteiger partial charge in [0.25, 0.3) is 0 Å². The minimum Gasteiger partial charge on any atom is -0.355 e. The Kier molecular flexibility index (Phi) is 5.53. The molecule has 1 nitrogen and oxygen atoms in total. The van der Waals surface area contributed by atoms with E-state index in [4.69, 9.17) is 0 Å². The maximum Gasteiger partial charge on any atom is 0.416 e. The second kappa shape index (κ2) is 7.89. The van der Waals surface area contributed by atoms with Gasteiger partial charge in [-0.15, -0.1) is 0 Å². The summed E-state index contributed by atoms with van der Waals surface area (Å²) in [6.07, 6.45) is 0.277. The summed E-state index contributed by atoms with van der Waals surface area (Å²) in [6, 6.07) is 14.3. The number of hydrogen-bond donors (Lipinski definition) is 1. The summed E-state index contributed by atoms with van der Waals surface area (Å²) in [5.41, 5.74) is 6.15. The number of hydrogen-bond acceptors (Lipinski definition) is 1. The van der Waals surface area contributed by atoms with E-state index in [2.05, 4.69) is 44.3 Å². The second-order valence-corrected chi connectivity index (χ2v) is 9.72. The number of rotatable bonds is 4. The van der Waals surface area contributed by atoms with E-state index in [1.807, 2.05) is 24.3 Å². The summed E-state index contributed by atoms with van der Waals surface area (Å²) in [6.45, 7) is 8.19. The van der Waals surface area contributed by atoms with E-state index < -0.39 is 11.7 Å². The molecule has 4 heteroatoms. The average Bonchev–Trinajstić information content (AvgIpc) is 3.52. The Bertz CT molecular complexity index is 1050. The van der Waals surface area contributed by atoms with Gasteiger partial charge < -0.3 is 5.32 Å². The van der Waals surface area contributed by atoms with Crippen molar-refractivity contribution in [1.29, 1.82) is 0 Å². The minimum absolute atomic E-state index is 0.0180. The average molecular weight is 426 g/mol. The van der Waals surface area contributed by atoms with Crippen molar-refractivity contribution in [1.82, 2.24) is 0 Å². The molecule has 164 valence electrons. The minimum atomic E-state index is -4.31. The molecule has 0 heterocycles. The summed E-state index contributed by atoms with van der Waals surface area (Å²) in [5.74, 6) is 0.404. The topological polar surface area (TPSA) is 12.0 Å². The number of nitrogens with one attached hydrogen (secondary N) is 1. The molecule has 2 aromatic rings. The van der Waals surface area contributed by atoms with E-state index in [-0.39, 0.29) is 5.41 Å². The number of halogens is 3. The van der Waals surface area contributed by atoms with Crippen LogP contribution in [0.2, 0.25) is 0 Å². The van der Waals surface area contributed by atoms with Crippen molar-refractivity contribution < 1.29 is 13.2 Å². The van der Waals surface area contributed by atoms with E-state index in [1.54, 1.807) is 6.92 Å². The van der Waals surface area contributed by atoms with Crippen molar-refractivity contribution in [2.24, 2.45) is 0 Å². The van der Waals surface area contributed by atoms with Crippen molar-refractivity contribution in [2.75, 3.05) is 5.32 Å². The first kappa shape index (κ1) is 21.7. The predicted octanol–water partition coefficient (Wildman–Crippen LogP) is 8.66. The van der Waals surface area contributed by atoms with Gasteiger partial charge in [-0.3, -0.25) is 0 Å². The molecule has 0 amide bonds. The second-order valence-electron chi connectivity index (χ2n) is 9.72. The summed E-state index contributed by atoms with van der Waals surface area (Å²) in [4.78, 5) is 0. The Hall–Kier alpha value is -2.49. The fourth-order valence-electron chi connectivity index (χ4n) is 4.67. The first-order chi connectivity index (χ1) is 14.6. The Balaban J connectivity index is 1.81. The fraction of sp³-hybridized carbons (Fsp3) is 0.407. The highest BCUT2D eigenvalue weighted by Gasteiger charge is 2.38. The van der Waals surface area contributed by atoms with Gasteiger partial charge in [0, 0.05) is 11.4 Å². The number of para-hydroxylation sites is 1. The van der Waals surface area contributed by atoms with Crippen molar-refractivity contribution in [3.8, 4) is 0 Å². The molecule has 0 atom stereocenters. The number of anilines is 2. The Labute approximate surface area is 183 Å². The molecule has 1 fully saturated rings. The van der Waals surface area contributed by atoms with Gasteiger partial charge in [-0.2, -0.15) is 13.2 Å². The summed E-state index contributed by atoms with van der Waals surface area (Å²) in [7, 11) is 0. The van der Waals surface area contributed by atoms with Crippen LogP contribution in [-0.2, 0) is 5.41 Å². The molecular weight excluding hydrogens is 395 g/mol. The molecule has 2 aliphatic carbocycles. The molecule has 0 aliphatic heterocycles. The lowest BCUT2D eigenvalue weighted by molar-refractivity contribution is -0.0896. The third-order valence-corrected chi connectivity index (χ3v) is 6.33. The smallest absolute Gasteiger partial charge is 0.355 e. The van der Waals surface area contributed by atoms with Crippen LogP contribution in [0, 0.1) is 0 Å². The molecule has 2 aromatic carbocycles. The van der Waals surface area contributed by atoms with E-state index >= 15 is 0 Å². The van der Waals surface area contributed by atoms with E-state index in [1.165, 1.54) is 17.2 Å². The molecule has 31 heavy (non-hydrogen) atoms. The van der Waals surface area contributed by atoms with Gasteiger partial charge in [-0.1, -0.05) is 57.2 Å². The highest BCUT2D eigenvalue weighted by atomic mass is 19.4. The van der Waals surface area contributed by atoms with Crippen LogP contribution in [-0.4, -0.2) is 6.18 Å². The van der Waals surface area contributed by atoms with Crippen LogP contribution in [0.3, 0.4) is 0 Å². The molecule has 0 bridgehead atoms. The quantitative estimate of drug-likeness (QED) is 0.517. The van der Waals surface area contributed by atoms with Crippen molar-refractivity contribution in [2.45, 2.75) is 70.9 Å². The SMILES string of the molecule is CC1=C(c2cccc(Nc3ccccc3C(C)(C)C)c2C2CC2)CCC=C1C(F)(F)F.